The van der Waals surface area contributed by atoms with Crippen LogP contribution in [0.25, 0.3) is 11.1 Å². The zero-order valence-electron chi connectivity index (χ0n) is 23.9. The number of anilines is 1. The Morgan fingerprint density at radius 1 is 0.929 bits per heavy atom. The lowest BCUT2D eigenvalue weighted by molar-refractivity contribution is 0.00690. The van der Waals surface area contributed by atoms with Gasteiger partial charge in [-0.05, 0) is 62.1 Å². The van der Waals surface area contributed by atoms with Gasteiger partial charge in [0.05, 0.1) is 5.56 Å². The van der Waals surface area contributed by atoms with Crippen molar-refractivity contribution >= 4 is 28.3 Å². The van der Waals surface area contributed by atoms with E-state index in [1.807, 2.05) is 29.2 Å². The number of fused-ring (bicyclic) bond motifs is 3. The highest BCUT2D eigenvalue weighted by Crippen LogP contribution is 2.44. The lowest BCUT2D eigenvalue weighted by atomic mass is 9.98. The van der Waals surface area contributed by atoms with Gasteiger partial charge in [-0.15, -0.1) is 0 Å². The maximum atomic E-state index is 13.5. The first-order chi connectivity index (χ1) is 19.8. The molecule has 222 valence electrons. The summed E-state index contributed by atoms with van der Waals surface area (Å²) in [5.74, 6) is -1.07. The summed E-state index contributed by atoms with van der Waals surface area (Å²) in [6, 6.07) is 19.0. The molecule has 1 amide bonds. The molecule has 0 N–H and O–H groups in total. The number of carbonyl (C=O) groups is 2. The summed E-state index contributed by atoms with van der Waals surface area (Å²) in [4.78, 5) is 29.4. The molecule has 0 spiro atoms. The second kappa shape index (κ2) is 11.3. The van der Waals surface area contributed by atoms with Crippen LogP contribution in [0.2, 0.25) is 0 Å². The number of nitrogens with zero attached hydrogens (tertiary/aromatic N) is 2. The van der Waals surface area contributed by atoms with Crippen molar-refractivity contribution in [1.82, 2.24) is 4.90 Å². The number of hydrogen-bond acceptors (Lipinski definition) is 8. The van der Waals surface area contributed by atoms with Crippen LogP contribution in [-0.2, 0) is 20.0 Å². The smallest absolute Gasteiger partial charge is 0.456 e. The highest BCUT2D eigenvalue weighted by molar-refractivity contribution is 7.81. The fraction of sp³-hybridized carbons (Fsp3) is 0.355. The zero-order chi connectivity index (χ0) is 30.2. The maximum absolute atomic E-state index is 13.5. The number of halogens is 1. The molecule has 1 aliphatic heterocycles. The first kappa shape index (κ1) is 29.4. The first-order valence-corrected chi connectivity index (χ1v) is 15.0. The van der Waals surface area contributed by atoms with Gasteiger partial charge < -0.3 is 23.5 Å². The molecule has 3 aromatic rings. The number of hydrogen-bond donors (Lipinski definition) is 0. The van der Waals surface area contributed by atoms with E-state index in [0.29, 0.717) is 37.4 Å². The van der Waals surface area contributed by atoms with Crippen LogP contribution in [0.1, 0.15) is 53.7 Å². The average molecular weight is 597 g/mol. The molecule has 2 aliphatic rings. The highest BCUT2D eigenvalue weighted by Gasteiger charge is 2.31. The van der Waals surface area contributed by atoms with Crippen molar-refractivity contribution in [3.8, 4) is 16.9 Å². The van der Waals surface area contributed by atoms with Gasteiger partial charge in [-0.1, -0.05) is 52.4 Å². The van der Waals surface area contributed by atoms with Gasteiger partial charge >= 0.3 is 22.6 Å². The third kappa shape index (κ3) is 6.35. The van der Waals surface area contributed by atoms with E-state index in [2.05, 4.69) is 28.4 Å². The van der Waals surface area contributed by atoms with Crippen molar-refractivity contribution in [1.29, 1.82) is 0 Å². The molecule has 9 nitrogen and oxygen atoms in total. The van der Waals surface area contributed by atoms with Crippen LogP contribution in [0.4, 0.5) is 14.4 Å². The van der Waals surface area contributed by atoms with Gasteiger partial charge in [0, 0.05) is 43.3 Å². The molecule has 0 unspecified atom stereocenters. The summed E-state index contributed by atoms with van der Waals surface area (Å²) in [6.07, 6.45) is -0.428. The van der Waals surface area contributed by atoms with Crippen molar-refractivity contribution < 1.29 is 35.5 Å². The second-order valence-corrected chi connectivity index (χ2v) is 12.3. The Balaban J connectivity index is 1.28. The SMILES string of the molecule is Cc1c(OS(=O)(=O)F)cc(C(=O)OC(C)(C)C)cc1N1CCN(C(=O)OCC2c3ccccc3-c3ccccc32)CC1. The van der Waals surface area contributed by atoms with E-state index in [4.69, 9.17) is 9.47 Å². The minimum absolute atomic E-state index is 0.0168. The van der Waals surface area contributed by atoms with E-state index < -0.39 is 28.2 Å². The standard InChI is InChI=1S/C31H33FN2O7S/c1-20-27(17-21(29(35)40-31(2,3)4)18-28(20)41-42(32,37)38)33-13-15-34(16-14-33)30(36)39-19-26-24-11-7-5-9-22(24)23-10-6-8-12-25(23)26/h5-12,17-18,26H,13-16,19H2,1-4H3. The second-order valence-electron chi connectivity index (χ2n) is 11.4. The van der Waals surface area contributed by atoms with Crippen LogP contribution in [-0.4, -0.2) is 63.8 Å². The van der Waals surface area contributed by atoms with E-state index >= 15 is 0 Å². The Bertz CT molecular complexity index is 1580. The number of carbonyl (C=O) groups excluding carboxylic acids is 2. The van der Waals surface area contributed by atoms with Gasteiger partial charge in [0.15, 0.2) is 5.75 Å². The van der Waals surface area contributed by atoms with E-state index in [-0.39, 0.29) is 23.8 Å². The molecule has 0 atom stereocenters. The number of esters is 1. The van der Waals surface area contributed by atoms with Crippen molar-refractivity contribution in [3.63, 3.8) is 0 Å². The molecule has 1 heterocycles. The fourth-order valence-electron chi connectivity index (χ4n) is 5.47. The molecule has 11 heteroatoms. The molecule has 1 fully saturated rings. The van der Waals surface area contributed by atoms with Crippen molar-refractivity contribution in [2.45, 2.75) is 39.2 Å². The van der Waals surface area contributed by atoms with Gasteiger partial charge in [-0.2, -0.15) is 8.42 Å². The third-order valence-corrected chi connectivity index (χ3v) is 7.75. The van der Waals surface area contributed by atoms with E-state index in [1.54, 1.807) is 38.7 Å². The summed E-state index contributed by atoms with van der Waals surface area (Å²) in [5, 5.41) is 0. The van der Waals surface area contributed by atoms with Crippen LogP contribution in [0, 0.1) is 6.92 Å². The Morgan fingerprint density at radius 2 is 1.50 bits per heavy atom. The van der Waals surface area contributed by atoms with E-state index in [1.165, 1.54) is 0 Å². The Kier molecular flexibility index (Phi) is 7.89. The molecular formula is C31H33FN2O7S. The van der Waals surface area contributed by atoms with E-state index in [0.717, 1.165) is 28.3 Å². The number of piperazine rings is 1. The Labute approximate surface area is 245 Å². The minimum atomic E-state index is -5.34. The highest BCUT2D eigenvalue weighted by atomic mass is 32.3. The summed E-state index contributed by atoms with van der Waals surface area (Å²) < 4.78 is 51.8. The maximum Gasteiger partial charge on any atom is 0.488 e. The quantitative estimate of drug-likeness (QED) is 0.267. The summed E-state index contributed by atoms with van der Waals surface area (Å²) >= 11 is 0. The minimum Gasteiger partial charge on any atom is -0.456 e. The van der Waals surface area contributed by atoms with Gasteiger partial charge in [0.2, 0.25) is 0 Å². The largest absolute Gasteiger partial charge is 0.488 e. The number of ether oxygens (including phenoxy) is 2. The number of amides is 1. The summed E-state index contributed by atoms with van der Waals surface area (Å²) in [5.41, 5.74) is 4.58. The van der Waals surface area contributed by atoms with E-state index in [9.17, 15) is 21.9 Å². The monoisotopic (exact) mass is 596 g/mol. The third-order valence-electron chi connectivity index (χ3n) is 7.37. The summed E-state index contributed by atoms with van der Waals surface area (Å²) in [7, 11) is -5.34. The van der Waals surface area contributed by atoms with Crippen LogP contribution in [0.5, 0.6) is 5.75 Å². The predicted molar refractivity (Wildman–Crippen MR) is 156 cm³/mol. The molecule has 42 heavy (non-hydrogen) atoms. The molecule has 1 saturated heterocycles. The molecule has 3 aromatic carbocycles. The lowest BCUT2D eigenvalue weighted by Gasteiger charge is -2.36. The van der Waals surface area contributed by atoms with Gasteiger partial charge in [-0.25, -0.2) is 9.59 Å². The zero-order valence-corrected chi connectivity index (χ0v) is 24.7. The van der Waals surface area contributed by atoms with Gasteiger partial charge in [0.1, 0.15) is 12.2 Å². The molecule has 0 aromatic heterocycles. The molecule has 0 saturated carbocycles. The molecule has 1 aliphatic carbocycles. The molecular weight excluding hydrogens is 563 g/mol. The van der Waals surface area contributed by atoms with Crippen molar-refractivity contribution in [2.24, 2.45) is 0 Å². The first-order valence-electron chi connectivity index (χ1n) is 13.7. The fourth-order valence-corrected chi connectivity index (χ4v) is 5.85. The normalized spacial score (nSPS) is 15.2. The van der Waals surface area contributed by atoms with Gasteiger partial charge in [-0.3, -0.25) is 0 Å². The molecule has 5 rings (SSSR count). The Hall–Kier alpha value is -4.12. The molecule has 0 bridgehead atoms. The lowest BCUT2D eigenvalue weighted by Crippen LogP contribution is -2.49. The summed E-state index contributed by atoms with van der Waals surface area (Å²) in [6.45, 7) is 8.27. The van der Waals surface area contributed by atoms with Crippen molar-refractivity contribution in [2.75, 3.05) is 37.7 Å². The van der Waals surface area contributed by atoms with Gasteiger partial charge in [0.25, 0.3) is 0 Å². The van der Waals surface area contributed by atoms with Crippen LogP contribution in [0.15, 0.2) is 60.7 Å². The van der Waals surface area contributed by atoms with Crippen LogP contribution in [0.3, 0.4) is 0 Å². The van der Waals surface area contributed by atoms with Crippen LogP contribution >= 0.6 is 0 Å². The predicted octanol–water partition coefficient (Wildman–Crippen LogP) is 5.61. The number of benzene rings is 3. The Morgan fingerprint density at radius 3 is 2.05 bits per heavy atom. The molecule has 0 radical (unpaired) electrons. The van der Waals surface area contributed by atoms with Crippen LogP contribution < -0.4 is 9.08 Å². The topological polar surface area (TPSA) is 102 Å². The average Bonchev–Trinajstić information content (AvgIpc) is 3.25. The van der Waals surface area contributed by atoms with Crippen molar-refractivity contribution in [3.05, 3.63) is 82.9 Å². The number of rotatable bonds is 6.